The number of hydrogen-bond acceptors (Lipinski definition) is 6. The molecule has 23 heavy (non-hydrogen) atoms. The Labute approximate surface area is 131 Å². The number of hydrogen-bond donors (Lipinski definition) is 1. The van der Waals surface area contributed by atoms with Gasteiger partial charge in [0.15, 0.2) is 17.2 Å². The Kier molecular flexibility index (Phi) is 3.04. The van der Waals surface area contributed by atoms with E-state index in [0.29, 0.717) is 11.4 Å². The first-order chi connectivity index (χ1) is 11.2. The van der Waals surface area contributed by atoms with E-state index in [4.69, 9.17) is 5.73 Å². The highest BCUT2D eigenvalue weighted by Crippen LogP contribution is 2.25. The summed E-state index contributed by atoms with van der Waals surface area (Å²) in [5.41, 5.74) is 10.7. The molecule has 1 aromatic carbocycles. The summed E-state index contributed by atoms with van der Waals surface area (Å²) in [5, 5.41) is 7.43. The van der Waals surface area contributed by atoms with Crippen LogP contribution >= 0.6 is 0 Å². The largest absolute Gasteiger partial charge is 0.379 e. The number of imidazole rings is 1. The van der Waals surface area contributed by atoms with Crippen molar-refractivity contribution in [3.05, 3.63) is 59.7 Å². The summed E-state index contributed by atoms with van der Waals surface area (Å²) in [4.78, 5) is 9.01. The van der Waals surface area contributed by atoms with Gasteiger partial charge in [-0.15, -0.1) is 0 Å². The van der Waals surface area contributed by atoms with Crippen molar-refractivity contribution in [2.45, 2.75) is 13.3 Å². The van der Waals surface area contributed by atoms with Crippen molar-refractivity contribution in [2.75, 3.05) is 5.73 Å². The molecule has 0 spiro atoms. The average Bonchev–Trinajstić information content (AvgIpc) is 3.12. The molecule has 114 valence electrons. The van der Waals surface area contributed by atoms with Gasteiger partial charge in [0.2, 0.25) is 0 Å². The van der Waals surface area contributed by atoms with E-state index >= 15 is 0 Å². The third kappa shape index (κ3) is 2.32. The summed E-state index contributed by atoms with van der Waals surface area (Å²) >= 11 is 0. The van der Waals surface area contributed by atoms with Crippen molar-refractivity contribution >= 4 is 11.5 Å². The molecule has 0 amide bonds. The molecule has 4 rings (SSSR count). The van der Waals surface area contributed by atoms with Crippen LogP contribution < -0.4 is 5.73 Å². The van der Waals surface area contributed by atoms with E-state index in [0.717, 1.165) is 23.5 Å². The topological polar surface area (TPSA) is 95.1 Å². The number of anilines is 1. The molecular weight excluding hydrogens is 292 g/mol. The normalized spacial score (nSPS) is 11.2. The predicted octanol–water partition coefficient (Wildman–Crippen LogP) is 2.26. The highest BCUT2D eigenvalue weighted by Gasteiger charge is 2.17. The second-order valence-electron chi connectivity index (χ2n) is 5.31. The zero-order valence-corrected chi connectivity index (χ0v) is 12.5. The Morgan fingerprint density at radius 3 is 2.70 bits per heavy atom. The lowest BCUT2D eigenvalue weighted by molar-refractivity contribution is 0.310. The summed E-state index contributed by atoms with van der Waals surface area (Å²) < 4.78 is 6.64. The van der Waals surface area contributed by atoms with Crippen molar-refractivity contribution in [1.29, 1.82) is 0 Å². The molecule has 0 atom stereocenters. The zero-order valence-electron chi connectivity index (χ0n) is 12.5. The first kappa shape index (κ1) is 13.4. The maximum absolute atomic E-state index is 5.76. The fraction of sp³-hybridized carbons (Fsp3) is 0.125. The van der Waals surface area contributed by atoms with Crippen LogP contribution in [-0.2, 0) is 6.42 Å². The van der Waals surface area contributed by atoms with E-state index in [-0.39, 0.29) is 5.82 Å². The highest BCUT2D eigenvalue weighted by molar-refractivity contribution is 5.70. The molecule has 0 saturated heterocycles. The van der Waals surface area contributed by atoms with Gasteiger partial charge in [0.25, 0.3) is 0 Å². The lowest BCUT2D eigenvalue weighted by Gasteiger charge is -2.03. The van der Waals surface area contributed by atoms with Crippen LogP contribution in [0.15, 0.2) is 47.4 Å². The van der Waals surface area contributed by atoms with Gasteiger partial charge in [-0.3, -0.25) is 4.98 Å². The van der Waals surface area contributed by atoms with E-state index < -0.39 is 0 Å². The van der Waals surface area contributed by atoms with Crippen LogP contribution in [0.4, 0.5) is 5.82 Å². The summed E-state index contributed by atoms with van der Waals surface area (Å²) in [6.07, 6.45) is 4.49. The van der Waals surface area contributed by atoms with E-state index in [1.54, 1.807) is 6.20 Å². The number of nitrogens with two attached hydrogens (primary N) is 1. The predicted molar refractivity (Wildman–Crippen MR) is 84.7 cm³/mol. The lowest BCUT2D eigenvalue weighted by Crippen LogP contribution is -1.97. The minimum Gasteiger partial charge on any atom is -0.379 e. The Morgan fingerprint density at radius 2 is 1.96 bits per heavy atom. The van der Waals surface area contributed by atoms with Gasteiger partial charge >= 0.3 is 0 Å². The molecule has 4 aromatic rings. The Bertz CT molecular complexity index is 973. The smallest absolute Gasteiger partial charge is 0.198 e. The van der Waals surface area contributed by atoms with Gasteiger partial charge in [0.1, 0.15) is 5.69 Å². The monoisotopic (exact) mass is 306 g/mol. The second-order valence-corrected chi connectivity index (χ2v) is 5.31. The van der Waals surface area contributed by atoms with Crippen LogP contribution in [0.1, 0.15) is 17.0 Å². The number of benzene rings is 1. The van der Waals surface area contributed by atoms with Crippen LogP contribution in [-0.4, -0.2) is 24.7 Å². The molecular formula is C16H14N6O. The highest BCUT2D eigenvalue weighted by atomic mass is 16.6. The Balaban J connectivity index is 1.77. The second kappa shape index (κ2) is 5.20. The van der Waals surface area contributed by atoms with E-state index in [2.05, 4.69) is 37.0 Å². The number of nitrogens with zero attached hydrogens (tertiary/aromatic N) is 5. The number of fused-ring (bicyclic) bond motifs is 1. The Morgan fingerprint density at radius 1 is 1.13 bits per heavy atom. The SMILES string of the molecule is Cc1c(-c2nonc2N)nc2cnc(Cc3ccccc3)cn12. The molecule has 3 aromatic heterocycles. The van der Waals surface area contributed by atoms with Crippen LogP contribution in [0.2, 0.25) is 0 Å². The third-order valence-corrected chi connectivity index (χ3v) is 3.77. The van der Waals surface area contributed by atoms with E-state index in [1.165, 1.54) is 5.56 Å². The van der Waals surface area contributed by atoms with Gasteiger partial charge < -0.3 is 10.1 Å². The molecule has 7 heteroatoms. The van der Waals surface area contributed by atoms with Gasteiger partial charge in [-0.05, 0) is 22.8 Å². The molecule has 0 radical (unpaired) electrons. The first-order valence-electron chi connectivity index (χ1n) is 7.18. The summed E-state index contributed by atoms with van der Waals surface area (Å²) in [5.74, 6) is 0.231. The molecule has 0 fully saturated rings. The van der Waals surface area contributed by atoms with Gasteiger partial charge in [-0.2, -0.15) is 0 Å². The van der Waals surface area contributed by atoms with Crippen molar-refractivity contribution in [2.24, 2.45) is 0 Å². The molecule has 0 aliphatic heterocycles. The van der Waals surface area contributed by atoms with E-state index in [9.17, 15) is 0 Å². The quantitative estimate of drug-likeness (QED) is 0.624. The zero-order chi connectivity index (χ0) is 15.8. The molecule has 2 N–H and O–H groups in total. The minimum atomic E-state index is 0.231. The summed E-state index contributed by atoms with van der Waals surface area (Å²) in [6, 6.07) is 10.2. The minimum absolute atomic E-state index is 0.231. The summed E-state index contributed by atoms with van der Waals surface area (Å²) in [7, 11) is 0. The molecule has 0 unspecified atom stereocenters. The number of rotatable bonds is 3. The van der Waals surface area contributed by atoms with Crippen molar-refractivity contribution in [3.63, 3.8) is 0 Å². The maximum Gasteiger partial charge on any atom is 0.198 e. The molecule has 0 aliphatic carbocycles. The standard InChI is InChI=1S/C16H14N6O/c1-10-14(15-16(17)21-23-20-15)19-13-8-18-12(9-22(10)13)7-11-5-3-2-4-6-11/h2-6,8-9H,7H2,1H3,(H2,17,21). The van der Waals surface area contributed by atoms with Gasteiger partial charge in [0.05, 0.1) is 11.9 Å². The first-order valence-corrected chi connectivity index (χ1v) is 7.18. The van der Waals surface area contributed by atoms with Crippen molar-refractivity contribution in [3.8, 4) is 11.4 Å². The number of aromatic nitrogens is 5. The summed E-state index contributed by atoms with van der Waals surface area (Å²) in [6.45, 7) is 1.95. The lowest BCUT2D eigenvalue weighted by atomic mass is 10.1. The van der Waals surface area contributed by atoms with Gasteiger partial charge in [0, 0.05) is 18.3 Å². The molecule has 3 heterocycles. The number of aryl methyl sites for hydroxylation is 1. The fourth-order valence-corrected chi connectivity index (χ4v) is 2.59. The van der Waals surface area contributed by atoms with Crippen molar-refractivity contribution in [1.82, 2.24) is 24.7 Å². The van der Waals surface area contributed by atoms with Gasteiger partial charge in [-0.25, -0.2) is 9.61 Å². The van der Waals surface area contributed by atoms with Crippen molar-refractivity contribution < 1.29 is 4.63 Å². The molecule has 0 bridgehead atoms. The van der Waals surface area contributed by atoms with Crippen LogP contribution in [0.3, 0.4) is 0 Å². The van der Waals surface area contributed by atoms with Gasteiger partial charge in [-0.1, -0.05) is 30.3 Å². The molecule has 7 nitrogen and oxygen atoms in total. The van der Waals surface area contributed by atoms with Crippen LogP contribution in [0.25, 0.3) is 17.0 Å². The van der Waals surface area contributed by atoms with Crippen LogP contribution in [0, 0.1) is 6.92 Å². The molecule has 0 aliphatic rings. The van der Waals surface area contributed by atoms with Crippen LogP contribution in [0.5, 0.6) is 0 Å². The maximum atomic E-state index is 5.76. The Hall–Kier alpha value is -3.22. The van der Waals surface area contributed by atoms with E-state index in [1.807, 2.05) is 35.7 Å². The molecule has 0 saturated carbocycles. The third-order valence-electron chi connectivity index (χ3n) is 3.77. The average molecular weight is 306 g/mol. The fourth-order valence-electron chi connectivity index (χ4n) is 2.59. The number of nitrogen functional groups attached to an aromatic ring is 1.